The SMILES string of the molecule is CC(C)COC(=O)CCC(C#N)c1cccc(-c2ccc(CO)cc2)c1Cl. The van der Waals surface area contributed by atoms with Gasteiger partial charge in [0.2, 0.25) is 0 Å². The first-order valence-electron chi connectivity index (χ1n) is 9.00. The zero-order valence-electron chi connectivity index (χ0n) is 15.6. The van der Waals surface area contributed by atoms with E-state index in [1.807, 2.05) is 56.3 Å². The van der Waals surface area contributed by atoms with E-state index in [0.717, 1.165) is 16.7 Å². The van der Waals surface area contributed by atoms with Crippen LogP contribution in [0.2, 0.25) is 5.02 Å². The number of aliphatic hydroxyl groups excluding tert-OH is 1. The highest BCUT2D eigenvalue weighted by Gasteiger charge is 2.19. The molecule has 0 aliphatic rings. The van der Waals surface area contributed by atoms with E-state index in [9.17, 15) is 15.2 Å². The highest BCUT2D eigenvalue weighted by atomic mass is 35.5. The zero-order valence-corrected chi connectivity index (χ0v) is 16.4. The van der Waals surface area contributed by atoms with Crippen LogP contribution >= 0.6 is 11.6 Å². The summed E-state index contributed by atoms with van der Waals surface area (Å²) in [6.07, 6.45) is 0.538. The second-order valence-electron chi connectivity index (χ2n) is 6.86. The summed E-state index contributed by atoms with van der Waals surface area (Å²) in [4.78, 5) is 11.8. The van der Waals surface area contributed by atoms with Crippen molar-refractivity contribution >= 4 is 17.6 Å². The van der Waals surface area contributed by atoms with Crippen molar-refractivity contribution in [1.82, 2.24) is 0 Å². The number of benzene rings is 2. The second kappa shape index (κ2) is 10.1. The van der Waals surface area contributed by atoms with Crippen LogP contribution in [0.15, 0.2) is 42.5 Å². The molecule has 0 aliphatic carbocycles. The van der Waals surface area contributed by atoms with Gasteiger partial charge in [-0.15, -0.1) is 0 Å². The monoisotopic (exact) mass is 385 g/mol. The normalized spacial score (nSPS) is 11.9. The molecule has 0 aliphatic heterocycles. The quantitative estimate of drug-likeness (QED) is 0.643. The predicted molar refractivity (Wildman–Crippen MR) is 106 cm³/mol. The van der Waals surface area contributed by atoms with E-state index in [2.05, 4.69) is 6.07 Å². The fraction of sp³-hybridized carbons (Fsp3) is 0.364. The van der Waals surface area contributed by atoms with E-state index in [0.29, 0.717) is 23.6 Å². The number of carbonyl (C=O) groups excluding carboxylic acids is 1. The molecular formula is C22H24ClNO3. The molecule has 0 aromatic heterocycles. The zero-order chi connectivity index (χ0) is 19.8. The number of nitrogens with zero attached hydrogens (tertiary/aromatic N) is 1. The van der Waals surface area contributed by atoms with E-state index < -0.39 is 5.92 Å². The first-order chi connectivity index (χ1) is 13.0. The molecule has 2 rings (SSSR count). The minimum absolute atomic E-state index is 0.0164. The van der Waals surface area contributed by atoms with Crippen LogP contribution in [0.1, 0.15) is 43.7 Å². The molecule has 4 nitrogen and oxygen atoms in total. The lowest BCUT2D eigenvalue weighted by atomic mass is 9.92. The van der Waals surface area contributed by atoms with Crippen LogP contribution in [0.25, 0.3) is 11.1 Å². The highest BCUT2D eigenvalue weighted by molar-refractivity contribution is 6.34. The smallest absolute Gasteiger partial charge is 0.305 e. The van der Waals surface area contributed by atoms with E-state index >= 15 is 0 Å². The topological polar surface area (TPSA) is 70.3 Å². The number of hydrogen-bond acceptors (Lipinski definition) is 4. The maximum absolute atomic E-state index is 11.8. The summed E-state index contributed by atoms with van der Waals surface area (Å²) in [5, 5.41) is 19.3. The Morgan fingerprint density at radius 2 is 1.93 bits per heavy atom. The van der Waals surface area contributed by atoms with Crippen LogP contribution in [0.4, 0.5) is 0 Å². The van der Waals surface area contributed by atoms with Gasteiger partial charge in [-0.25, -0.2) is 0 Å². The summed E-state index contributed by atoms with van der Waals surface area (Å²) in [5.74, 6) is -0.499. The summed E-state index contributed by atoms with van der Waals surface area (Å²) in [5.41, 5.74) is 3.26. The summed E-state index contributed by atoms with van der Waals surface area (Å²) >= 11 is 6.59. The Bertz CT molecular complexity index is 809. The molecule has 0 bridgehead atoms. The van der Waals surface area contributed by atoms with Gasteiger partial charge in [0.15, 0.2) is 0 Å². The molecular weight excluding hydrogens is 362 g/mol. The van der Waals surface area contributed by atoms with Crippen molar-refractivity contribution < 1.29 is 14.6 Å². The first kappa shape index (κ1) is 21.0. The average Bonchev–Trinajstić information content (AvgIpc) is 2.68. The number of ether oxygens (including phenoxy) is 1. The molecule has 0 heterocycles. The van der Waals surface area contributed by atoms with Gasteiger partial charge in [0.05, 0.1) is 30.2 Å². The molecule has 1 atom stereocenters. The summed E-state index contributed by atoms with van der Waals surface area (Å²) in [6.45, 7) is 4.32. The molecule has 0 saturated carbocycles. The Hall–Kier alpha value is -2.35. The van der Waals surface area contributed by atoms with Crippen LogP contribution in [0, 0.1) is 17.2 Å². The van der Waals surface area contributed by atoms with Gasteiger partial charge in [-0.1, -0.05) is 67.9 Å². The van der Waals surface area contributed by atoms with Gasteiger partial charge < -0.3 is 9.84 Å². The maximum atomic E-state index is 11.8. The van der Waals surface area contributed by atoms with Gasteiger partial charge in [0, 0.05) is 12.0 Å². The van der Waals surface area contributed by atoms with E-state index in [1.54, 1.807) is 0 Å². The van der Waals surface area contributed by atoms with Crippen LogP contribution < -0.4 is 0 Å². The highest BCUT2D eigenvalue weighted by Crippen LogP contribution is 2.36. The van der Waals surface area contributed by atoms with Gasteiger partial charge >= 0.3 is 5.97 Å². The molecule has 0 fully saturated rings. The molecule has 2 aromatic carbocycles. The van der Waals surface area contributed by atoms with Crippen molar-refractivity contribution in [3.05, 3.63) is 58.6 Å². The Kier molecular flexibility index (Phi) is 7.84. The van der Waals surface area contributed by atoms with Crippen molar-refractivity contribution in [2.75, 3.05) is 6.61 Å². The summed E-state index contributed by atoms with van der Waals surface area (Å²) in [6, 6.07) is 15.3. The molecule has 5 heteroatoms. The van der Waals surface area contributed by atoms with Crippen molar-refractivity contribution in [3.8, 4) is 17.2 Å². The third-order valence-electron chi connectivity index (χ3n) is 4.22. The molecule has 1 unspecified atom stereocenters. The minimum Gasteiger partial charge on any atom is -0.465 e. The third-order valence-corrected chi connectivity index (χ3v) is 4.64. The van der Waals surface area contributed by atoms with E-state index in [-0.39, 0.29) is 24.9 Å². The standard InChI is InChI=1S/C22H24ClNO3/c1-15(2)14-27-21(26)11-10-18(12-24)20-5-3-4-19(22(20)23)17-8-6-16(13-25)7-9-17/h3-9,15,18,25H,10-11,13-14H2,1-2H3. The second-order valence-corrected chi connectivity index (χ2v) is 7.24. The maximum Gasteiger partial charge on any atom is 0.305 e. The summed E-state index contributed by atoms with van der Waals surface area (Å²) in [7, 11) is 0. The number of esters is 1. The predicted octanol–water partition coefficient (Wildman–Crippen LogP) is 5.09. The van der Waals surface area contributed by atoms with Crippen LogP contribution in [0.5, 0.6) is 0 Å². The number of rotatable bonds is 8. The van der Waals surface area contributed by atoms with Crippen LogP contribution in [0.3, 0.4) is 0 Å². The number of hydrogen-bond donors (Lipinski definition) is 1. The molecule has 0 radical (unpaired) electrons. The lowest BCUT2D eigenvalue weighted by Gasteiger charge is -2.15. The minimum atomic E-state index is -0.485. The molecule has 0 spiro atoms. The van der Waals surface area contributed by atoms with Gasteiger partial charge in [0.25, 0.3) is 0 Å². The number of carbonyl (C=O) groups is 1. The lowest BCUT2D eigenvalue weighted by Crippen LogP contribution is -2.11. The van der Waals surface area contributed by atoms with Gasteiger partial charge in [-0.2, -0.15) is 5.26 Å². The molecule has 0 amide bonds. The number of nitriles is 1. The van der Waals surface area contributed by atoms with Crippen molar-refractivity contribution in [1.29, 1.82) is 5.26 Å². The van der Waals surface area contributed by atoms with Gasteiger partial charge in [-0.05, 0) is 29.0 Å². The van der Waals surface area contributed by atoms with E-state index in [1.165, 1.54) is 0 Å². The van der Waals surface area contributed by atoms with Crippen LogP contribution in [-0.2, 0) is 16.1 Å². The lowest BCUT2D eigenvalue weighted by molar-refractivity contribution is -0.144. The fourth-order valence-corrected chi connectivity index (χ4v) is 3.08. The summed E-state index contributed by atoms with van der Waals surface area (Å²) < 4.78 is 5.18. The Balaban J connectivity index is 2.16. The Morgan fingerprint density at radius 1 is 1.22 bits per heavy atom. The molecule has 0 saturated heterocycles. The molecule has 142 valence electrons. The number of aliphatic hydroxyl groups is 1. The van der Waals surface area contributed by atoms with Gasteiger partial charge in [-0.3, -0.25) is 4.79 Å². The van der Waals surface area contributed by atoms with Crippen LogP contribution in [-0.4, -0.2) is 17.7 Å². The first-order valence-corrected chi connectivity index (χ1v) is 9.37. The fourth-order valence-electron chi connectivity index (χ4n) is 2.72. The largest absolute Gasteiger partial charge is 0.465 e. The molecule has 2 aromatic rings. The van der Waals surface area contributed by atoms with Crippen molar-refractivity contribution in [3.63, 3.8) is 0 Å². The Morgan fingerprint density at radius 3 is 2.52 bits per heavy atom. The third kappa shape index (κ3) is 5.82. The van der Waals surface area contributed by atoms with E-state index in [4.69, 9.17) is 16.3 Å². The van der Waals surface area contributed by atoms with Gasteiger partial charge in [0.1, 0.15) is 0 Å². The molecule has 27 heavy (non-hydrogen) atoms. The average molecular weight is 386 g/mol. The van der Waals surface area contributed by atoms with Crippen molar-refractivity contribution in [2.45, 2.75) is 39.2 Å². The number of halogens is 1. The van der Waals surface area contributed by atoms with Crippen molar-refractivity contribution in [2.24, 2.45) is 5.92 Å². The Labute approximate surface area is 165 Å². The molecule has 1 N–H and O–H groups in total.